The van der Waals surface area contributed by atoms with Gasteiger partial charge in [-0.25, -0.2) is 8.42 Å². The van der Waals surface area contributed by atoms with Gasteiger partial charge in [0.15, 0.2) is 9.84 Å². The van der Waals surface area contributed by atoms with Crippen LogP contribution in [-0.4, -0.2) is 50.7 Å². The van der Waals surface area contributed by atoms with E-state index in [1.807, 2.05) is 11.0 Å². The van der Waals surface area contributed by atoms with Crippen LogP contribution in [0.1, 0.15) is 38.3 Å². The van der Waals surface area contributed by atoms with Crippen LogP contribution < -0.4 is 5.32 Å². The first-order chi connectivity index (χ1) is 11.5. The Morgan fingerprint density at radius 3 is 2.32 bits per heavy atom. The molecule has 0 spiro atoms. The standard InChI is InChI=1S/C19H28N2O3S/c1-18(2)12-19(3,13-20-18)17(22)21-9-7-14-5-6-16(25(4,23)24)11-15(14)8-10-21/h5-6,11,20H,7-10,12-13H2,1-4H3. The number of hydrogen-bond acceptors (Lipinski definition) is 4. The Morgan fingerprint density at radius 1 is 1.12 bits per heavy atom. The Morgan fingerprint density at radius 2 is 1.76 bits per heavy atom. The average molecular weight is 365 g/mol. The van der Waals surface area contributed by atoms with Gasteiger partial charge in [0, 0.05) is 31.4 Å². The van der Waals surface area contributed by atoms with Crippen molar-refractivity contribution in [2.75, 3.05) is 25.9 Å². The van der Waals surface area contributed by atoms with E-state index in [1.165, 1.54) is 6.26 Å². The van der Waals surface area contributed by atoms with Crippen LogP contribution in [-0.2, 0) is 27.5 Å². The van der Waals surface area contributed by atoms with Crippen molar-refractivity contribution < 1.29 is 13.2 Å². The highest BCUT2D eigenvalue weighted by molar-refractivity contribution is 7.90. The summed E-state index contributed by atoms with van der Waals surface area (Å²) in [5.41, 5.74) is 1.83. The summed E-state index contributed by atoms with van der Waals surface area (Å²) in [6, 6.07) is 5.36. The van der Waals surface area contributed by atoms with Gasteiger partial charge in [0.1, 0.15) is 0 Å². The van der Waals surface area contributed by atoms with Gasteiger partial charge >= 0.3 is 0 Å². The third kappa shape index (κ3) is 3.75. The van der Waals surface area contributed by atoms with Crippen molar-refractivity contribution in [3.05, 3.63) is 29.3 Å². The van der Waals surface area contributed by atoms with Gasteiger partial charge in [-0.2, -0.15) is 0 Å². The lowest BCUT2D eigenvalue weighted by molar-refractivity contribution is -0.140. The van der Waals surface area contributed by atoms with Crippen molar-refractivity contribution in [2.45, 2.75) is 50.5 Å². The third-order valence-corrected chi connectivity index (χ3v) is 6.61. The highest BCUT2D eigenvalue weighted by Crippen LogP contribution is 2.36. The Bertz CT molecular complexity index is 801. The van der Waals surface area contributed by atoms with Crippen molar-refractivity contribution in [3.63, 3.8) is 0 Å². The molecule has 0 bridgehead atoms. The van der Waals surface area contributed by atoms with E-state index in [2.05, 4.69) is 26.1 Å². The van der Waals surface area contributed by atoms with Gasteiger partial charge in [0.25, 0.3) is 0 Å². The Hall–Kier alpha value is -1.40. The van der Waals surface area contributed by atoms with E-state index in [4.69, 9.17) is 0 Å². The van der Waals surface area contributed by atoms with Crippen LogP contribution in [0.4, 0.5) is 0 Å². The van der Waals surface area contributed by atoms with Crippen LogP contribution in [0.15, 0.2) is 23.1 Å². The molecule has 1 amide bonds. The predicted octanol–water partition coefficient (Wildman–Crippen LogP) is 1.80. The van der Waals surface area contributed by atoms with E-state index >= 15 is 0 Å². The van der Waals surface area contributed by atoms with Crippen LogP contribution in [0.3, 0.4) is 0 Å². The zero-order valence-corrected chi connectivity index (χ0v) is 16.4. The van der Waals surface area contributed by atoms with Crippen molar-refractivity contribution in [3.8, 4) is 0 Å². The molecule has 3 rings (SSSR count). The van der Waals surface area contributed by atoms with Crippen molar-refractivity contribution >= 4 is 15.7 Å². The molecule has 2 heterocycles. The summed E-state index contributed by atoms with van der Waals surface area (Å²) in [6.45, 7) is 8.37. The van der Waals surface area contributed by atoms with E-state index in [0.29, 0.717) is 31.0 Å². The Kier molecular flexibility index (Phi) is 4.48. The smallest absolute Gasteiger partial charge is 0.229 e. The highest BCUT2D eigenvalue weighted by Gasteiger charge is 2.46. The molecule has 1 aromatic carbocycles. The normalized spacial score (nSPS) is 26.2. The fourth-order valence-electron chi connectivity index (χ4n) is 4.20. The molecule has 1 fully saturated rings. The zero-order chi connectivity index (χ0) is 18.5. The second-order valence-corrected chi connectivity index (χ2v) is 10.5. The molecule has 2 aliphatic rings. The Balaban J connectivity index is 1.77. The summed E-state index contributed by atoms with van der Waals surface area (Å²) < 4.78 is 23.6. The molecule has 0 aliphatic carbocycles. The SMILES string of the molecule is CC1(C)CC(C)(C(=O)N2CCc3ccc(S(C)(=O)=O)cc3CC2)CN1. The number of hydrogen-bond donors (Lipinski definition) is 1. The van der Waals surface area contributed by atoms with Crippen molar-refractivity contribution in [1.82, 2.24) is 10.2 Å². The lowest BCUT2D eigenvalue weighted by Gasteiger charge is -2.31. The molecule has 0 radical (unpaired) electrons. The van der Waals surface area contributed by atoms with Crippen molar-refractivity contribution in [2.24, 2.45) is 5.41 Å². The van der Waals surface area contributed by atoms with Crippen LogP contribution in [0.25, 0.3) is 0 Å². The number of nitrogens with one attached hydrogen (secondary N) is 1. The maximum absolute atomic E-state index is 13.1. The topological polar surface area (TPSA) is 66.5 Å². The van der Waals surface area contributed by atoms with Gasteiger partial charge in [-0.05, 0) is 63.3 Å². The lowest BCUT2D eigenvalue weighted by atomic mass is 9.82. The van der Waals surface area contributed by atoms with E-state index in [1.54, 1.807) is 12.1 Å². The largest absolute Gasteiger partial charge is 0.342 e. The first-order valence-corrected chi connectivity index (χ1v) is 10.8. The molecule has 25 heavy (non-hydrogen) atoms. The fraction of sp³-hybridized carbons (Fsp3) is 0.632. The van der Waals surface area contributed by atoms with E-state index in [9.17, 15) is 13.2 Å². The minimum absolute atomic E-state index is 0.0103. The molecule has 0 aromatic heterocycles. The van der Waals surface area contributed by atoms with Crippen LogP contribution >= 0.6 is 0 Å². The van der Waals surface area contributed by atoms with E-state index < -0.39 is 9.84 Å². The van der Waals surface area contributed by atoms with E-state index in [-0.39, 0.29) is 16.9 Å². The molecule has 1 saturated heterocycles. The quantitative estimate of drug-likeness (QED) is 0.869. The maximum Gasteiger partial charge on any atom is 0.229 e. The summed E-state index contributed by atoms with van der Waals surface area (Å²) in [6.07, 6.45) is 3.55. The van der Waals surface area contributed by atoms with E-state index in [0.717, 1.165) is 24.0 Å². The van der Waals surface area contributed by atoms with Gasteiger partial charge in [0.05, 0.1) is 10.3 Å². The van der Waals surface area contributed by atoms with Gasteiger partial charge in [-0.15, -0.1) is 0 Å². The van der Waals surface area contributed by atoms with Gasteiger partial charge < -0.3 is 10.2 Å². The van der Waals surface area contributed by atoms with Crippen molar-refractivity contribution in [1.29, 1.82) is 0 Å². The number of rotatable bonds is 2. The number of amides is 1. The van der Waals surface area contributed by atoms with Crippen LogP contribution in [0.5, 0.6) is 0 Å². The molecular formula is C19H28N2O3S. The summed E-state index contributed by atoms with van der Waals surface area (Å²) in [5.74, 6) is 0.210. The summed E-state index contributed by atoms with van der Waals surface area (Å²) in [5, 5.41) is 3.45. The number of nitrogens with zero attached hydrogens (tertiary/aromatic N) is 1. The van der Waals surface area contributed by atoms with Gasteiger partial charge in [-0.1, -0.05) is 6.07 Å². The van der Waals surface area contributed by atoms with Gasteiger partial charge in [0.2, 0.25) is 5.91 Å². The summed E-state index contributed by atoms with van der Waals surface area (Å²) in [7, 11) is -3.20. The molecule has 5 nitrogen and oxygen atoms in total. The maximum atomic E-state index is 13.1. The molecule has 1 aromatic rings. The second-order valence-electron chi connectivity index (χ2n) is 8.47. The monoisotopic (exact) mass is 364 g/mol. The molecule has 1 N–H and O–H groups in total. The number of benzene rings is 1. The molecule has 1 atom stereocenters. The predicted molar refractivity (Wildman–Crippen MR) is 98.3 cm³/mol. The third-order valence-electron chi connectivity index (χ3n) is 5.50. The molecule has 138 valence electrons. The fourth-order valence-corrected chi connectivity index (χ4v) is 4.87. The molecule has 6 heteroatoms. The molecular weight excluding hydrogens is 336 g/mol. The molecule has 1 unspecified atom stereocenters. The number of sulfone groups is 1. The zero-order valence-electron chi connectivity index (χ0n) is 15.6. The number of carbonyl (C=O) groups excluding carboxylic acids is 1. The first kappa shape index (κ1) is 18.4. The minimum Gasteiger partial charge on any atom is -0.342 e. The molecule has 0 saturated carbocycles. The minimum atomic E-state index is -3.20. The number of fused-ring (bicyclic) bond motifs is 1. The molecule has 2 aliphatic heterocycles. The van der Waals surface area contributed by atoms with Crippen LogP contribution in [0.2, 0.25) is 0 Å². The second kappa shape index (κ2) is 6.09. The Labute approximate surface area is 150 Å². The average Bonchev–Trinajstić information content (AvgIpc) is 2.70. The van der Waals surface area contributed by atoms with Gasteiger partial charge in [-0.3, -0.25) is 4.79 Å². The summed E-state index contributed by atoms with van der Waals surface area (Å²) in [4.78, 5) is 15.5. The summed E-state index contributed by atoms with van der Waals surface area (Å²) >= 11 is 0. The first-order valence-electron chi connectivity index (χ1n) is 8.87. The van der Waals surface area contributed by atoms with Crippen LogP contribution in [0, 0.1) is 5.41 Å². The lowest BCUT2D eigenvalue weighted by Crippen LogP contribution is -2.44. The highest BCUT2D eigenvalue weighted by atomic mass is 32.2. The number of carbonyl (C=O) groups is 1.